The highest BCUT2D eigenvalue weighted by Gasteiger charge is 2.30. The van der Waals surface area contributed by atoms with E-state index in [1.165, 1.54) is 0 Å². The normalized spacial score (nSPS) is 18.9. The van der Waals surface area contributed by atoms with Crippen molar-refractivity contribution in [1.82, 2.24) is 5.32 Å². The second-order valence-electron chi connectivity index (χ2n) is 4.63. The number of nitrogens with one attached hydrogen (secondary N) is 1. The second kappa shape index (κ2) is 5.87. The van der Waals surface area contributed by atoms with E-state index in [0.29, 0.717) is 13.2 Å². The Morgan fingerprint density at radius 2 is 2.33 bits per heavy atom. The van der Waals surface area contributed by atoms with Crippen molar-refractivity contribution in [3.05, 3.63) is 29.8 Å². The van der Waals surface area contributed by atoms with Crippen molar-refractivity contribution >= 4 is 5.91 Å². The zero-order valence-corrected chi connectivity index (χ0v) is 10.7. The molecule has 0 aliphatic carbocycles. The first-order valence-electron chi connectivity index (χ1n) is 6.48. The summed E-state index contributed by atoms with van der Waals surface area (Å²) >= 11 is 0. The van der Waals surface area contributed by atoms with E-state index in [9.17, 15) is 4.79 Å². The van der Waals surface area contributed by atoms with Gasteiger partial charge in [-0.25, -0.2) is 0 Å². The van der Waals surface area contributed by atoms with Crippen molar-refractivity contribution < 1.29 is 9.53 Å². The zero-order chi connectivity index (χ0) is 13.0. The summed E-state index contributed by atoms with van der Waals surface area (Å²) in [5.74, 6) is 0.633. The Labute approximate surface area is 108 Å². The minimum atomic E-state index is -0.202. The van der Waals surface area contributed by atoms with Crippen molar-refractivity contribution in [2.45, 2.75) is 31.7 Å². The molecule has 1 aliphatic rings. The summed E-state index contributed by atoms with van der Waals surface area (Å²) in [6, 6.07) is 7.76. The Balaban J connectivity index is 2.03. The Bertz CT molecular complexity index is 420. The number of amides is 1. The van der Waals surface area contributed by atoms with Crippen molar-refractivity contribution in [3.63, 3.8) is 0 Å². The predicted octanol–water partition coefficient (Wildman–Crippen LogP) is 1.41. The van der Waals surface area contributed by atoms with Gasteiger partial charge in [0.15, 0.2) is 0 Å². The summed E-state index contributed by atoms with van der Waals surface area (Å²) in [6.07, 6.45) is 1.93. The first-order chi connectivity index (χ1) is 8.76. The van der Waals surface area contributed by atoms with Gasteiger partial charge in [0.1, 0.15) is 18.3 Å². The summed E-state index contributed by atoms with van der Waals surface area (Å²) in [4.78, 5) is 12.2. The van der Waals surface area contributed by atoms with Gasteiger partial charge in [0.05, 0.1) is 0 Å². The number of hydrogen-bond acceptors (Lipinski definition) is 3. The topological polar surface area (TPSA) is 64.3 Å². The van der Waals surface area contributed by atoms with Gasteiger partial charge in [-0.3, -0.25) is 4.79 Å². The van der Waals surface area contributed by atoms with E-state index in [0.717, 1.165) is 24.2 Å². The molecule has 4 nitrogen and oxygen atoms in total. The zero-order valence-electron chi connectivity index (χ0n) is 10.7. The van der Waals surface area contributed by atoms with Crippen LogP contribution in [0.2, 0.25) is 0 Å². The Kier molecular flexibility index (Phi) is 4.20. The van der Waals surface area contributed by atoms with E-state index in [1.54, 1.807) is 0 Å². The molecule has 2 atom stereocenters. The molecule has 0 spiro atoms. The standard InChI is InChI=1S/C14H20N2O2/c1-2-5-10(8-15)16-14(17)12-9-18-13-7-4-3-6-11(12)13/h3-4,6-7,10,12H,2,5,8-9,15H2,1H3,(H,16,17). The highest BCUT2D eigenvalue weighted by Crippen LogP contribution is 2.33. The number of para-hydroxylation sites is 1. The lowest BCUT2D eigenvalue weighted by molar-refractivity contribution is -0.123. The summed E-state index contributed by atoms with van der Waals surface area (Å²) in [7, 11) is 0. The lowest BCUT2D eigenvalue weighted by atomic mass is 10.00. The quantitative estimate of drug-likeness (QED) is 0.828. The van der Waals surface area contributed by atoms with E-state index in [1.807, 2.05) is 24.3 Å². The number of fused-ring (bicyclic) bond motifs is 1. The van der Waals surface area contributed by atoms with Crippen LogP contribution in [0.3, 0.4) is 0 Å². The molecule has 1 aromatic carbocycles. The molecule has 1 aromatic rings. The number of ether oxygens (including phenoxy) is 1. The predicted molar refractivity (Wildman–Crippen MR) is 70.6 cm³/mol. The van der Waals surface area contributed by atoms with E-state index in [2.05, 4.69) is 12.2 Å². The summed E-state index contributed by atoms with van der Waals surface area (Å²) in [5, 5.41) is 3.01. The number of carbonyl (C=O) groups excluding carboxylic acids is 1. The number of carbonyl (C=O) groups is 1. The Morgan fingerprint density at radius 1 is 1.56 bits per heavy atom. The third-order valence-corrected chi connectivity index (χ3v) is 3.28. The van der Waals surface area contributed by atoms with Crippen molar-refractivity contribution in [3.8, 4) is 5.75 Å². The van der Waals surface area contributed by atoms with Crippen LogP contribution in [0, 0.1) is 0 Å². The fourth-order valence-corrected chi connectivity index (χ4v) is 2.28. The minimum Gasteiger partial charge on any atom is -0.492 e. The van der Waals surface area contributed by atoms with Crippen molar-refractivity contribution in [2.24, 2.45) is 5.73 Å². The molecule has 0 radical (unpaired) electrons. The lowest BCUT2D eigenvalue weighted by Gasteiger charge is -2.18. The molecule has 0 fully saturated rings. The molecule has 1 amide bonds. The molecule has 0 bridgehead atoms. The third kappa shape index (κ3) is 2.64. The van der Waals surface area contributed by atoms with Gasteiger partial charge in [-0.2, -0.15) is 0 Å². The third-order valence-electron chi connectivity index (χ3n) is 3.28. The average molecular weight is 248 g/mol. The monoisotopic (exact) mass is 248 g/mol. The molecule has 1 heterocycles. The molecule has 0 saturated heterocycles. The summed E-state index contributed by atoms with van der Waals surface area (Å²) in [5.41, 5.74) is 6.63. The summed E-state index contributed by atoms with van der Waals surface area (Å²) < 4.78 is 5.52. The van der Waals surface area contributed by atoms with Crippen LogP contribution in [0.15, 0.2) is 24.3 Å². The molecule has 2 rings (SSSR count). The first kappa shape index (κ1) is 12.9. The molecule has 4 heteroatoms. The first-order valence-corrected chi connectivity index (χ1v) is 6.48. The van der Waals surface area contributed by atoms with Crippen LogP contribution in [0.4, 0.5) is 0 Å². The van der Waals surface area contributed by atoms with E-state index >= 15 is 0 Å². The van der Waals surface area contributed by atoms with Crippen LogP contribution >= 0.6 is 0 Å². The van der Waals surface area contributed by atoms with Crippen LogP contribution in [-0.4, -0.2) is 25.1 Å². The highest BCUT2D eigenvalue weighted by atomic mass is 16.5. The van der Waals surface area contributed by atoms with E-state index in [-0.39, 0.29) is 17.9 Å². The maximum absolute atomic E-state index is 12.2. The van der Waals surface area contributed by atoms with Crippen LogP contribution in [0.25, 0.3) is 0 Å². The van der Waals surface area contributed by atoms with Crippen LogP contribution in [0.1, 0.15) is 31.2 Å². The molecule has 0 saturated carbocycles. The second-order valence-corrected chi connectivity index (χ2v) is 4.63. The van der Waals surface area contributed by atoms with Gasteiger partial charge in [-0.15, -0.1) is 0 Å². The molecular formula is C14H20N2O2. The Hall–Kier alpha value is -1.55. The maximum Gasteiger partial charge on any atom is 0.231 e. The van der Waals surface area contributed by atoms with E-state index in [4.69, 9.17) is 10.5 Å². The molecule has 18 heavy (non-hydrogen) atoms. The fraction of sp³-hybridized carbons (Fsp3) is 0.500. The van der Waals surface area contributed by atoms with Crippen molar-refractivity contribution in [1.29, 1.82) is 0 Å². The SMILES string of the molecule is CCCC(CN)NC(=O)C1COc2ccccc21. The number of benzene rings is 1. The molecule has 3 N–H and O–H groups in total. The molecular weight excluding hydrogens is 228 g/mol. The van der Waals surface area contributed by atoms with Gasteiger partial charge in [-0.1, -0.05) is 31.5 Å². The number of nitrogens with two attached hydrogens (primary N) is 1. The van der Waals surface area contributed by atoms with Crippen LogP contribution < -0.4 is 15.8 Å². The van der Waals surface area contributed by atoms with Gasteiger partial charge in [0, 0.05) is 18.2 Å². The Morgan fingerprint density at radius 3 is 3.06 bits per heavy atom. The highest BCUT2D eigenvalue weighted by molar-refractivity contribution is 5.85. The maximum atomic E-state index is 12.2. The molecule has 98 valence electrons. The minimum absolute atomic E-state index is 0.0175. The number of hydrogen-bond donors (Lipinski definition) is 2. The number of rotatable bonds is 5. The fourth-order valence-electron chi connectivity index (χ4n) is 2.28. The van der Waals surface area contributed by atoms with Crippen LogP contribution in [0.5, 0.6) is 5.75 Å². The van der Waals surface area contributed by atoms with Crippen molar-refractivity contribution in [2.75, 3.05) is 13.2 Å². The van der Waals surface area contributed by atoms with Crippen LogP contribution in [-0.2, 0) is 4.79 Å². The molecule has 1 aliphatic heterocycles. The van der Waals surface area contributed by atoms with Gasteiger partial charge in [0.2, 0.25) is 5.91 Å². The van der Waals surface area contributed by atoms with E-state index < -0.39 is 0 Å². The average Bonchev–Trinajstić information content (AvgIpc) is 2.82. The summed E-state index contributed by atoms with van der Waals surface area (Å²) in [6.45, 7) is 2.99. The molecule has 2 unspecified atom stereocenters. The van der Waals surface area contributed by atoms with Gasteiger partial charge in [0.25, 0.3) is 0 Å². The van der Waals surface area contributed by atoms with Gasteiger partial charge >= 0.3 is 0 Å². The molecule has 0 aromatic heterocycles. The van der Waals surface area contributed by atoms with Gasteiger partial charge < -0.3 is 15.8 Å². The lowest BCUT2D eigenvalue weighted by Crippen LogP contribution is -2.42. The van der Waals surface area contributed by atoms with Gasteiger partial charge in [-0.05, 0) is 12.5 Å². The largest absolute Gasteiger partial charge is 0.492 e. The smallest absolute Gasteiger partial charge is 0.231 e.